The molecule has 0 spiro atoms. The summed E-state index contributed by atoms with van der Waals surface area (Å²) >= 11 is 0. The monoisotopic (exact) mass is 1610 g/mol. The van der Waals surface area contributed by atoms with Gasteiger partial charge in [0, 0.05) is 34.8 Å². The van der Waals surface area contributed by atoms with Crippen LogP contribution in [0.15, 0.2) is 498 Å². The van der Waals surface area contributed by atoms with Crippen LogP contribution in [-0.2, 0) is 0 Å². The Morgan fingerprint density at radius 3 is 0.795 bits per heavy atom. The van der Waals surface area contributed by atoms with Crippen LogP contribution in [0, 0.1) is 0 Å². The Morgan fingerprint density at radius 2 is 0.409 bits per heavy atom. The molecular weight excluding hydrogens is 1530 g/mol. The Hall–Kier alpha value is -16.8. The zero-order chi connectivity index (χ0) is 84.4. The van der Waals surface area contributed by atoms with E-state index in [0.717, 1.165) is 78.4 Å². The van der Waals surface area contributed by atoms with Gasteiger partial charge in [-0.15, -0.1) is 0 Å². The van der Waals surface area contributed by atoms with Gasteiger partial charge < -0.3 is 0 Å². The molecule has 23 aromatic rings. The van der Waals surface area contributed by atoms with Gasteiger partial charge in [-0.25, -0.2) is 4.98 Å². The third kappa shape index (κ3) is 15.1. The summed E-state index contributed by atoms with van der Waals surface area (Å²) in [5, 5.41) is 9.63. The van der Waals surface area contributed by atoms with Crippen molar-refractivity contribution in [3.8, 4) is 173 Å². The molecule has 594 valence electrons. The fraction of sp³-hybridized carbons (Fsp3) is 0. The Morgan fingerprint density at radius 1 is 0.150 bits per heavy atom. The van der Waals surface area contributed by atoms with Crippen LogP contribution < -0.4 is 0 Å². The van der Waals surface area contributed by atoms with Gasteiger partial charge in [-0.2, -0.15) is 0 Å². The van der Waals surface area contributed by atoms with Crippen molar-refractivity contribution in [1.29, 1.82) is 0 Å². The lowest BCUT2D eigenvalue weighted by atomic mass is 9.82. The van der Waals surface area contributed by atoms with Crippen molar-refractivity contribution >= 4 is 54.1 Å². The van der Waals surface area contributed by atoms with E-state index < -0.39 is 0 Å². The number of nitrogens with zero attached hydrogens (tertiary/aromatic N) is 4. The second-order valence-electron chi connectivity index (χ2n) is 32.5. The van der Waals surface area contributed by atoms with Gasteiger partial charge in [-0.1, -0.05) is 358 Å². The molecule has 3 aromatic heterocycles. The molecule has 0 bridgehead atoms. The highest BCUT2D eigenvalue weighted by Gasteiger charge is 2.25. The number of aromatic nitrogens is 4. The minimum absolute atomic E-state index is 0.918. The van der Waals surface area contributed by atoms with Gasteiger partial charge in [0.15, 0.2) is 0 Å². The van der Waals surface area contributed by atoms with Crippen molar-refractivity contribution in [2.24, 2.45) is 0 Å². The SMILES string of the molecule is c1ccc(-c2cc(-c3ccccc3)cc(-c3c4ccccc4c(-c4cc(-c5ccccc5)cc(-c5ccccc5)c4)c4cc(-c5ccc(-c6nc7ccccc7n6-c6ccccc6)cc5)ccc34)c2)cc1.c1ccc(-c2cc(-c3ccccc3)cc(-c3ccc4c(-c5cccc(-c6ccccn6)c5)c5ccccc5c(-c5cccc(-c6ccccn6)c5)c4c3)c2)cc1. The average Bonchev–Trinajstić information content (AvgIpc) is 1.27. The Bertz CT molecular complexity index is 7810. The standard InChI is InChI=1S/C69H46N2.C54H36N2/c1-6-20-47(21-7-1)54-40-55(48-22-8-2-9-23-48)43-58(42-54)67-61-30-16-17-31-62(61)68(59-44-56(49-24-10-3-11-25-49)41-57(45-59)50-26-12-4-13-27-50)64-46-53(38-39-63(64)67)51-34-36-52(37-35-51)69-70-65-32-18-19-33-66(65)71(69)60-28-14-5-15-29-60;1-3-15-37(16-4-1)44-33-45(38-17-5-2-6-18-38)35-46(34-44)39-27-28-49-50(36-39)54(43-22-14-20-41(32-43)52-26-10-12-30-56-52)48-24-8-7-23-47(48)53(49)42-21-13-19-40(31-42)51-25-9-11-29-55-51/h1-46H;1-36H. The Labute approximate surface area is 739 Å². The van der Waals surface area contributed by atoms with Crippen molar-refractivity contribution in [3.05, 3.63) is 498 Å². The van der Waals surface area contributed by atoms with E-state index in [1.54, 1.807) is 0 Å². The van der Waals surface area contributed by atoms with Gasteiger partial charge in [0.05, 0.1) is 22.4 Å². The van der Waals surface area contributed by atoms with Crippen LogP contribution >= 0.6 is 0 Å². The molecule has 0 fully saturated rings. The van der Waals surface area contributed by atoms with Crippen molar-refractivity contribution in [2.75, 3.05) is 0 Å². The van der Waals surface area contributed by atoms with E-state index in [1.807, 2.05) is 36.7 Å². The number of benzene rings is 20. The number of rotatable bonds is 16. The highest BCUT2D eigenvalue weighted by molar-refractivity contribution is 6.24. The van der Waals surface area contributed by atoms with Gasteiger partial charge >= 0.3 is 0 Å². The minimum Gasteiger partial charge on any atom is -0.292 e. The largest absolute Gasteiger partial charge is 0.292 e. The molecule has 3 heterocycles. The van der Waals surface area contributed by atoms with Gasteiger partial charge in [-0.3, -0.25) is 14.5 Å². The van der Waals surface area contributed by atoms with E-state index in [4.69, 9.17) is 15.0 Å². The molecule has 0 unspecified atom stereocenters. The first-order chi connectivity index (χ1) is 63.0. The molecule has 0 saturated carbocycles. The summed E-state index contributed by atoms with van der Waals surface area (Å²) in [5.41, 5.74) is 36.7. The average molecular weight is 1620 g/mol. The summed E-state index contributed by atoms with van der Waals surface area (Å²) in [6.45, 7) is 0. The molecule has 0 atom stereocenters. The van der Waals surface area contributed by atoms with Crippen molar-refractivity contribution < 1.29 is 0 Å². The third-order valence-electron chi connectivity index (χ3n) is 24.7. The van der Waals surface area contributed by atoms with Gasteiger partial charge in [0.2, 0.25) is 0 Å². The zero-order valence-corrected chi connectivity index (χ0v) is 69.6. The summed E-state index contributed by atoms with van der Waals surface area (Å²) in [6, 6.07) is 176. The van der Waals surface area contributed by atoms with Crippen LogP contribution in [0.2, 0.25) is 0 Å². The zero-order valence-electron chi connectivity index (χ0n) is 69.6. The number of hydrogen-bond donors (Lipinski definition) is 0. The lowest BCUT2D eigenvalue weighted by Gasteiger charge is -2.21. The maximum absolute atomic E-state index is 5.19. The second-order valence-corrected chi connectivity index (χ2v) is 32.5. The quantitative estimate of drug-likeness (QED) is 0.0906. The lowest BCUT2D eigenvalue weighted by molar-refractivity contribution is 1.10. The molecule has 4 nitrogen and oxygen atoms in total. The predicted molar refractivity (Wildman–Crippen MR) is 535 cm³/mol. The summed E-state index contributed by atoms with van der Waals surface area (Å²) < 4.78 is 2.27. The summed E-state index contributed by atoms with van der Waals surface area (Å²) in [5.74, 6) is 0.918. The maximum Gasteiger partial charge on any atom is 0.145 e. The molecule has 0 saturated heterocycles. The van der Waals surface area contributed by atoms with Crippen LogP contribution in [0.1, 0.15) is 0 Å². The topological polar surface area (TPSA) is 43.6 Å². The molecule has 0 amide bonds. The molecule has 0 radical (unpaired) electrons. The minimum atomic E-state index is 0.918. The first-order valence-electron chi connectivity index (χ1n) is 43.4. The summed E-state index contributed by atoms with van der Waals surface area (Å²) in [4.78, 5) is 14.6. The van der Waals surface area contributed by atoms with Crippen LogP contribution in [0.3, 0.4) is 0 Å². The van der Waals surface area contributed by atoms with Gasteiger partial charge in [0.25, 0.3) is 0 Å². The summed E-state index contributed by atoms with van der Waals surface area (Å²) in [6.07, 6.45) is 3.72. The molecule has 0 aliphatic carbocycles. The fourth-order valence-corrected chi connectivity index (χ4v) is 18.7. The summed E-state index contributed by atoms with van der Waals surface area (Å²) in [7, 11) is 0. The Kier molecular flexibility index (Phi) is 20.4. The molecule has 0 N–H and O–H groups in total. The second kappa shape index (κ2) is 33.9. The normalized spacial score (nSPS) is 11.3. The van der Waals surface area contributed by atoms with Gasteiger partial charge in [0.1, 0.15) is 5.82 Å². The predicted octanol–water partition coefficient (Wildman–Crippen LogP) is 33.1. The van der Waals surface area contributed by atoms with Crippen molar-refractivity contribution in [3.63, 3.8) is 0 Å². The molecular formula is C123H82N4. The molecule has 20 aromatic carbocycles. The first-order valence-corrected chi connectivity index (χ1v) is 43.4. The van der Waals surface area contributed by atoms with E-state index in [2.05, 4.69) is 466 Å². The van der Waals surface area contributed by atoms with E-state index >= 15 is 0 Å². The third-order valence-corrected chi connectivity index (χ3v) is 24.7. The number of hydrogen-bond acceptors (Lipinski definition) is 3. The Balaban J connectivity index is 0.000000154. The molecule has 0 aliphatic rings. The highest BCUT2D eigenvalue weighted by Crippen LogP contribution is 2.51. The molecule has 0 aliphatic heterocycles. The molecule has 127 heavy (non-hydrogen) atoms. The number of pyridine rings is 2. The molecule has 23 rings (SSSR count). The van der Waals surface area contributed by atoms with Crippen molar-refractivity contribution in [2.45, 2.75) is 0 Å². The van der Waals surface area contributed by atoms with E-state index in [0.29, 0.717) is 0 Å². The fourth-order valence-electron chi connectivity index (χ4n) is 18.7. The highest BCUT2D eigenvalue weighted by atomic mass is 15.1. The first kappa shape index (κ1) is 76.4. The van der Waals surface area contributed by atoms with E-state index in [1.165, 1.54) is 149 Å². The van der Waals surface area contributed by atoms with Crippen LogP contribution in [0.5, 0.6) is 0 Å². The van der Waals surface area contributed by atoms with Gasteiger partial charge in [-0.05, 0) is 304 Å². The van der Waals surface area contributed by atoms with E-state index in [9.17, 15) is 0 Å². The molecule has 4 heteroatoms. The number of fused-ring (bicyclic) bond motifs is 5. The van der Waals surface area contributed by atoms with E-state index in [-0.39, 0.29) is 0 Å². The maximum atomic E-state index is 5.19. The van der Waals surface area contributed by atoms with Crippen LogP contribution in [0.25, 0.3) is 227 Å². The smallest absolute Gasteiger partial charge is 0.145 e. The van der Waals surface area contributed by atoms with Crippen LogP contribution in [0.4, 0.5) is 0 Å². The number of imidazole rings is 1. The van der Waals surface area contributed by atoms with Crippen LogP contribution in [-0.4, -0.2) is 19.5 Å². The number of para-hydroxylation sites is 3. The van der Waals surface area contributed by atoms with Crippen molar-refractivity contribution in [1.82, 2.24) is 19.5 Å². The lowest BCUT2D eigenvalue weighted by Crippen LogP contribution is -1.97.